The number of carbonyl (C=O) groups is 1. The molecule has 0 aliphatic heterocycles. The van der Waals surface area contributed by atoms with E-state index in [1.165, 1.54) is 42.7 Å². The smallest absolute Gasteiger partial charge is 0.263 e. The number of aromatic nitrogens is 1. The van der Waals surface area contributed by atoms with Gasteiger partial charge >= 0.3 is 0 Å². The molecule has 3 rings (SSSR count). The quantitative estimate of drug-likeness (QED) is 0.635. The van der Waals surface area contributed by atoms with Crippen molar-refractivity contribution in [2.24, 2.45) is 5.14 Å². The van der Waals surface area contributed by atoms with Crippen molar-refractivity contribution >= 4 is 32.4 Å². The maximum absolute atomic E-state index is 12.5. The molecule has 1 aromatic carbocycles. The number of rotatable bonds is 7. The Labute approximate surface area is 169 Å². The number of anilines is 1. The molecule has 28 heavy (non-hydrogen) atoms. The number of thiazole rings is 1. The lowest BCUT2D eigenvalue weighted by atomic mass is 9.96. The minimum atomic E-state index is -3.68. The van der Waals surface area contributed by atoms with Gasteiger partial charge in [0.25, 0.3) is 5.91 Å². The van der Waals surface area contributed by atoms with Crippen molar-refractivity contribution in [3.05, 3.63) is 40.4 Å². The molecule has 0 unspecified atom stereocenters. The molecule has 4 N–H and O–H groups in total. The lowest BCUT2D eigenvalue weighted by Gasteiger charge is -2.22. The SMILES string of the molecule is Cc1nc(NC2CCCCC2)sc1C(=O)NCCc1ccc(S(N)(=O)=O)cc1. The molecule has 2 aromatic rings. The molecule has 1 amide bonds. The number of nitrogens with two attached hydrogens (primary N) is 1. The predicted molar refractivity (Wildman–Crippen MR) is 111 cm³/mol. The topological polar surface area (TPSA) is 114 Å². The number of nitrogens with zero attached hydrogens (tertiary/aromatic N) is 1. The molecular weight excluding hydrogens is 396 g/mol. The van der Waals surface area contributed by atoms with Gasteiger partial charge in [0.05, 0.1) is 10.6 Å². The van der Waals surface area contributed by atoms with Crippen LogP contribution in [0.3, 0.4) is 0 Å². The van der Waals surface area contributed by atoms with Crippen molar-refractivity contribution in [2.75, 3.05) is 11.9 Å². The van der Waals surface area contributed by atoms with Gasteiger partial charge < -0.3 is 10.6 Å². The lowest BCUT2D eigenvalue weighted by molar-refractivity contribution is 0.0957. The molecule has 0 bridgehead atoms. The van der Waals surface area contributed by atoms with Gasteiger partial charge in [-0.25, -0.2) is 18.5 Å². The van der Waals surface area contributed by atoms with Crippen LogP contribution in [0, 0.1) is 6.92 Å². The number of carbonyl (C=O) groups excluding carboxylic acids is 1. The third-order valence-corrected chi connectivity index (χ3v) is 6.90. The molecule has 1 saturated carbocycles. The second kappa shape index (κ2) is 9.02. The first-order chi connectivity index (χ1) is 13.3. The molecule has 1 aliphatic carbocycles. The van der Waals surface area contributed by atoms with Gasteiger partial charge in [-0.3, -0.25) is 4.79 Å². The fourth-order valence-electron chi connectivity index (χ4n) is 3.34. The first kappa shape index (κ1) is 20.8. The van der Waals surface area contributed by atoms with Crippen LogP contribution in [0.15, 0.2) is 29.2 Å². The van der Waals surface area contributed by atoms with Crippen LogP contribution in [0.4, 0.5) is 5.13 Å². The van der Waals surface area contributed by atoms with E-state index in [2.05, 4.69) is 15.6 Å². The zero-order valence-electron chi connectivity index (χ0n) is 15.9. The van der Waals surface area contributed by atoms with Crippen LogP contribution in [-0.2, 0) is 16.4 Å². The van der Waals surface area contributed by atoms with E-state index in [1.807, 2.05) is 6.92 Å². The zero-order chi connectivity index (χ0) is 20.1. The second-order valence-electron chi connectivity index (χ2n) is 7.11. The van der Waals surface area contributed by atoms with E-state index in [4.69, 9.17) is 5.14 Å². The van der Waals surface area contributed by atoms with Crippen molar-refractivity contribution < 1.29 is 13.2 Å². The Morgan fingerprint density at radius 1 is 1.21 bits per heavy atom. The summed E-state index contributed by atoms with van der Waals surface area (Å²) < 4.78 is 22.5. The molecule has 0 atom stereocenters. The van der Waals surface area contributed by atoms with Crippen LogP contribution in [-0.4, -0.2) is 31.9 Å². The molecule has 7 nitrogen and oxygen atoms in total. The van der Waals surface area contributed by atoms with Gasteiger partial charge in [0, 0.05) is 12.6 Å². The molecule has 152 valence electrons. The van der Waals surface area contributed by atoms with E-state index in [0.717, 1.165) is 29.2 Å². The van der Waals surface area contributed by atoms with E-state index in [0.29, 0.717) is 23.9 Å². The highest BCUT2D eigenvalue weighted by Gasteiger charge is 2.18. The van der Waals surface area contributed by atoms with Gasteiger partial charge in [0.2, 0.25) is 10.0 Å². The zero-order valence-corrected chi connectivity index (χ0v) is 17.5. The van der Waals surface area contributed by atoms with Crippen molar-refractivity contribution in [2.45, 2.75) is 56.4 Å². The molecular formula is C19H26N4O3S2. The summed E-state index contributed by atoms with van der Waals surface area (Å²) in [5.41, 5.74) is 1.66. The lowest BCUT2D eigenvalue weighted by Crippen LogP contribution is -2.25. The molecule has 0 saturated heterocycles. The third kappa shape index (κ3) is 5.52. The van der Waals surface area contributed by atoms with Crippen molar-refractivity contribution in [1.29, 1.82) is 0 Å². The number of nitrogens with one attached hydrogen (secondary N) is 2. The summed E-state index contributed by atoms with van der Waals surface area (Å²) in [5, 5.41) is 12.3. The summed E-state index contributed by atoms with van der Waals surface area (Å²) in [4.78, 5) is 17.7. The summed E-state index contributed by atoms with van der Waals surface area (Å²) in [6.07, 6.45) is 6.70. The summed E-state index contributed by atoms with van der Waals surface area (Å²) in [7, 11) is -3.68. The first-order valence-electron chi connectivity index (χ1n) is 9.47. The fraction of sp³-hybridized carbons (Fsp3) is 0.474. The Morgan fingerprint density at radius 2 is 1.89 bits per heavy atom. The predicted octanol–water partition coefficient (Wildman–Crippen LogP) is 2.82. The van der Waals surface area contributed by atoms with Crippen LogP contribution in [0.2, 0.25) is 0 Å². The Kier molecular flexibility index (Phi) is 6.69. The number of primary sulfonamides is 1. The summed E-state index contributed by atoms with van der Waals surface area (Å²) in [6, 6.07) is 6.81. The number of aryl methyl sites for hydroxylation is 1. The van der Waals surface area contributed by atoms with Crippen LogP contribution in [0.5, 0.6) is 0 Å². The Hall–Kier alpha value is -1.97. The average Bonchev–Trinajstić information content (AvgIpc) is 3.02. The van der Waals surface area contributed by atoms with Gasteiger partial charge in [-0.05, 0) is 43.9 Å². The minimum Gasteiger partial charge on any atom is -0.359 e. The molecule has 9 heteroatoms. The Morgan fingerprint density at radius 3 is 2.54 bits per heavy atom. The van der Waals surface area contributed by atoms with E-state index < -0.39 is 10.0 Å². The maximum atomic E-state index is 12.5. The van der Waals surface area contributed by atoms with Gasteiger partial charge in [-0.1, -0.05) is 42.7 Å². The Bertz CT molecular complexity index is 917. The highest BCUT2D eigenvalue weighted by atomic mass is 32.2. The average molecular weight is 423 g/mol. The highest BCUT2D eigenvalue weighted by Crippen LogP contribution is 2.26. The summed E-state index contributed by atoms with van der Waals surface area (Å²) in [6.45, 7) is 2.31. The van der Waals surface area contributed by atoms with Crippen molar-refractivity contribution in [3.63, 3.8) is 0 Å². The van der Waals surface area contributed by atoms with Gasteiger partial charge in [0.1, 0.15) is 4.88 Å². The van der Waals surface area contributed by atoms with E-state index in [9.17, 15) is 13.2 Å². The summed E-state index contributed by atoms with van der Waals surface area (Å²) >= 11 is 1.40. The van der Waals surface area contributed by atoms with Crippen molar-refractivity contribution in [3.8, 4) is 0 Å². The number of hydrogen-bond donors (Lipinski definition) is 3. The van der Waals surface area contributed by atoms with Gasteiger partial charge in [-0.15, -0.1) is 0 Å². The second-order valence-corrected chi connectivity index (χ2v) is 9.67. The van der Waals surface area contributed by atoms with E-state index in [-0.39, 0.29) is 10.8 Å². The minimum absolute atomic E-state index is 0.0820. The molecule has 1 aliphatic rings. The fourth-order valence-corrected chi connectivity index (χ4v) is 4.81. The number of benzene rings is 1. The van der Waals surface area contributed by atoms with Gasteiger partial charge in [-0.2, -0.15) is 0 Å². The molecule has 1 aromatic heterocycles. The first-order valence-corrected chi connectivity index (χ1v) is 11.8. The van der Waals surface area contributed by atoms with Gasteiger partial charge in [0.15, 0.2) is 5.13 Å². The van der Waals surface area contributed by atoms with Crippen LogP contribution < -0.4 is 15.8 Å². The van der Waals surface area contributed by atoms with Crippen LogP contribution >= 0.6 is 11.3 Å². The molecule has 1 fully saturated rings. The maximum Gasteiger partial charge on any atom is 0.263 e. The highest BCUT2D eigenvalue weighted by molar-refractivity contribution is 7.89. The standard InChI is InChI=1S/C19H26N4O3S2/c1-13-17(27-19(22-13)23-15-5-3-2-4-6-15)18(24)21-12-11-14-7-9-16(10-8-14)28(20,25)26/h7-10,15H,2-6,11-12H2,1H3,(H,21,24)(H,22,23)(H2,20,25,26). The number of hydrogen-bond acceptors (Lipinski definition) is 6. The van der Waals surface area contributed by atoms with Crippen LogP contribution in [0.25, 0.3) is 0 Å². The molecule has 0 spiro atoms. The normalized spacial score (nSPS) is 15.4. The van der Waals surface area contributed by atoms with E-state index in [1.54, 1.807) is 12.1 Å². The van der Waals surface area contributed by atoms with Crippen molar-refractivity contribution in [1.82, 2.24) is 10.3 Å². The Balaban J connectivity index is 1.52. The number of sulfonamides is 1. The summed E-state index contributed by atoms with van der Waals surface area (Å²) in [5.74, 6) is -0.132. The third-order valence-electron chi connectivity index (χ3n) is 4.89. The monoisotopic (exact) mass is 422 g/mol. The molecule has 0 radical (unpaired) electrons. The van der Waals surface area contributed by atoms with Crippen LogP contribution in [0.1, 0.15) is 53.0 Å². The largest absolute Gasteiger partial charge is 0.359 e. The molecule has 1 heterocycles. The van der Waals surface area contributed by atoms with E-state index >= 15 is 0 Å². The number of amides is 1.